The van der Waals surface area contributed by atoms with Crippen LogP contribution in [0.4, 0.5) is 4.39 Å². The molecule has 0 spiro atoms. The van der Waals surface area contributed by atoms with Gasteiger partial charge in [0.2, 0.25) is 0 Å². The first-order chi connectivity index (χ1) is 15.5. The van der Waals surface area contributed by atoms with Crippen LogP contribution in [0.5, 0.6) is 11.5 Å². The number of amides is 1. The molecule has 2 aromatic carbocycles. The number of rotatable bonds is 7. The molecule has 0 aliphatic carbocycles. The zero-order chi connectivity index (χ0) is 22.7. The molecule has 4 rings (SSSR count). The molecular weight excluding hydrogens is 411 g/mol. The van der Waals surface area contributed by atoms with Gasteiger partial charge in [0.25, 0.3) is 5.91 Å². The number of aliphatic hydroxyl groups excluding tert-OH is 1. The summed E-state index contributed by atoms with van der Waals surface area (Å²) >= 11 is 0. The number of nitrogens with two attached hydrogens (primary N) is 1. The van der Waals surface area contributed by atoms with Gasteiger partial charge in [-0.2, -0.15) is 5.10 Å². The van der Waals surface area contributed by atoms with Gasteiger partial charge in [0, 0.05) is 37.3 Å². The molecule has 0 saturated carbocycles. The van der Waals surface area contributed by atoms with Gasteiger partial charge in [-0.15, -0.1) is 0 Å². The van der Waals surface area contributed by atoms with Crippen molar-refractivity contribution < 1.29 is 19.0 Å². The molecule has 0 atom stereocenters. The highest BCUT2D eigenvalue weighted by molar-refractivity contribution is 5.95. The molecule has 0 radical (unpaired) electrons. The predicted octanol–water partition coefficient (Wildman–Crippen LogP) is 3.03. The second kappa shape index (κ2) is 9.50. The van der Waals surface area contributed by atoms with Crippen molar-refractivity contribution in [3.05, 3.63) is 76.4 Å². The number of nitrogens with zero attached hydrogens (tertiary/aromatic N) is 3. The molecule has 3 aromatic rings. The summed E-state index contributed by atoms with van der Waals surface area (Å²) in [5, 5.41) is 14.1. The highest BCUT2D eigenvalue weighted by Gasteiger charge is 2.29. The second-order valence-corrected chi connectivity index (χ2v) is 7.75. The van der Waals surface area contributed by atoms with Crippen LogP contribution in [0, 0.1) is 5.82 Å². The molecule has 3 N–H and O–H groups in total. The van der Waals surface area contributed by atoms with Crippen LogP contribution >= 0.6 is 0 Å². The number of ether oxygens (including phenoxy) is 1. The normalized spacial score (nSPS) is 13.2. The quantitative estimate of drug-likeness (QED) is 0.592. The molecule has 8 heteroatoms. The van der Waals surface area contributed by atoms with Crippen LogP contribution in [-0.2, 0) is 32.5 Å². The Bertz CT molecular complexity index is 1110. The van der Waals surface area contributed by atoms with Crippen molar-refractivity contribution in [1.82, 2.24) is 14.7 Å². The van der Waals surface area contributed by atoms with Crippen LogP contribution < -0.4 is 10.5 Å². The Labute approximate surface area is 186 Å². The van der Waals surface area contributed by atoms with Gasteiger partial charge < -0.3 is 20.5 Å². The monoisotopic (exact) mass is 438 g/mol. The average molecular weight is 439 g/mol. The highest BCUT2D eigenvalue weighted by Crippen LogP contribution is 2.28. The van der Waals surface area contributed by atoms with Crippen molar-refractivity contribution in [3.63, 3.8) is 0 Å². The summed E-state index contributed by atoms with van der Waals surface area (Å²) < 4.78 is 22.3. The number of aryl methyl sites for hydroxylation is 1. The molecule has 2 heterocycles. The van der Waals surface area contributed by atoms with Crippen LogP contribution in [0.15, 0.2) is 42.5 Å². The Morgan fingerprint density at radius 3 is 2.66 bits per heavy atom. The van der Waals surface area contributed by atoms with Crippen molar-refractivity contribution in [2.45, 2.75) is 39.5 Å². The molecule has 0 unspecified atom stereocenters. The van der Waals surface area contributed by atoms with E-state index >= 15 is 0 Å². The van der Waals surface area contributed by atoms with E-state index < -0.39 is 11.7 Å². The number of hydrogen-bond donors (Lipinski definition) is 2. The Hall–Kier alpha value is -3.23. The average Bonchev–Trinajstić information content (AvgIpc) is 3.18. The fraction of sp³-hybridized carbons (Fsp3) is 0.333. The van der Waals surface area contributed by atoms with E-state index in [2.05, 4.69) is 5.10 Å². The second-order valence-electron chi connectivity index (χ2n) is 7.75. The minimum absolute atomic E-state index is 0.0425. The number of benzene rings is 2. The van der Waals surface area contributed by atoms with Crippen molar-refractivity contribution in [1.29, 1.82) is 0 Å². The van der Waals surface area contributed by atoms with Crippen LogP contribution in [0.3, 0.4) is 0 Å². The van der Waals surface area contributed by atoms with E-state index in [1.807, 2.05) is 35.9 Å². The number of carbonyl (C=O) groups excluding carboxylic acids is 1. The van der Waals surface area contributed by atoms with Crippen molar-refractivity contribution in [3.8, 4) is 11.5 Å². The Balaban J connectivity index is 1.53. The van der Waals surface area contributed by atoms with Gasteiger partial charge in [0.15, 0.2) is 0 Å². The number of carbonyl (C=O) groups is 1. The molecule has 7 nitrogen and oxygen atoms in total. The largest absolute Gasteiger partial charge is 0.457 e. The molecule has 1 amide bonds. The SMILES string of the molecule is CCn1nc(CO)c2c1CCN(C(=O)c1cc(Oc3ccc(CCN)cc3)ccc1F)C2. The lowest BCUT2D eigenvalue weighted by Gasteiger charge is -2.28. The summed E-state index contributed by atoms with van der Waals surface area (Å²) in [4.78, 5) is 14.7. The molecule has 32 heavy (non-hydrogen) atoms. The molecule has 1 aliphatic rings. The fourth-order valence-electron chi connectivity index (χ4n) is 4.05. The lowest BCUT2D eigenvalue weighted by Crippen LogP contribution is -2.37. The summed E-state index contributed by atoms with van der Waals surface area (Å²) in [5.41, 5.74) is 9.07. The van der Waals surface area contributed by atoms with Gasteiger partial charge in [0.1, 0.15) is 17.3 Å². The molecular formula is C24H27FN4O3. The summed E-state index contributed by atoms with van der Waals surface area (Å²) in [6.07, 6.45) is 1.39. The highest BCUT2D eigenvalue weighted by atomic mass is 19.1. The van der Waals surface area contributed by atoms with E-state index in [4.69, 9.17) is 10.5 Å². The maximum absolute atomic E-state index is 14.6. The summed E-state index contributed by atoms with van der Waals surface area (Å²) in [6.45, 7) is 3.79. The van der Waals surface area contributed by atoms with E-state index in [9.17, 15) is 14.3 Å². The third-order valence-electron chi connectivity index (χ3n) is 5.71. The van der Waals surface area contributed by atoms with Crippen LogP contribution in [0.25, 0.3) is 0 Å². The zero-order valence-electron chi connectivity index (χ0n) is 18.1. The summed E-state index contributed by atoms with van der Waals surface area (Å²) in [6, 6.07) is 11.7. The summed E-state index contributed by atoms with van der Waals surface area (Å²) in [5.74, 6) is -0.0325. The smallest absolute Gasteiger partial charge is 0.257 e. The van der Waals surface area contributed by atoms with E-state index in [1.54, 1.807) is 4.90 Å². The van der Waals surface area contributed by atoms with Crippen molar-refractivity contribution >= 4 is 5.91 Å². The minimum atomic E-state index is -0.599. The van der Waals surface area contributed by atoms with E-state index in [1.165, 1.54) is 18.2 Å². The van der Waals surface area contributed by atoms with Crippen LogP contribution in [0.2, 0.25) is 0 Å². The van der Waals surface area contributed by atoms with Crippen molar-refractivity contribution in [2.75, 3.05) is 13.1 Å². The molecule has 0 bridgehead atoms. The minimum Gasteiger partial charge on any atom is -0.457 e. The lowest BCUT2D eigenvalue weighted by atomic mass is 10.0. The maximum atomic E-state index is 14.6. The van der Waals surface area contributed by atoms with Gasteiger partial charge in [-0.25, -0.2) is 4.39 Å². The fourth-order valence-corrected chi connectivity index (χ4v) is 4.05. The molecule has 0 fully saturated rings. The number of aliphatic hydroxyl groups is 1. The Morgan fingerprint density at radius 1 is 1.22 bits per heavy atom. The van der Waals surface area contributed by atoms with Gasteiger partial charge in [0.05, 0.1) is 17.9 Å². The zero-order valence-corrected chi connectivity index (χ0v) is 18.1. The third kappa shape index (κ3) is 4.37. The van der Waals surface area contributed by atoms with E-state index in [-0.39, 0.29) is 18.7 Å². The van der Waals surface area contributed by atoms with Crippen LogP contribution in [0.1, 0.15) is 39.8 Å². The third-order valence-corrected chi connectivity index (χ3v) is 5.71. The molecule has 1 aliphatic heterocycles. The number of hydrogen-bond acceptors (Lipinski definition) is 5. The number of aromatic nitrogens is 2. The first-order valence-electron chi connectivity index (χ1n) is 10.8. The Kier molecular flexibility index (Phi) is 6.53. The van der Waals surface area contributed by atoms with Crippen LogP contribution in [-0.4, -0.2) is 38.8 Å². The maximum Gasteiger partial charge on any atom is 0.257 e. The lowest BCUT2D eigenvalue weighted by molar-refractivity contribution is 0.0727. The first kappa shape index (κ1) is 22.0. The van der Waals surface area contributed by atoms with E-state index in [0.29, 0.717) is 43.2 Å². The number of fused-ring (bicyclic) bond motifs is 1. The van der Waals surface area contributed by atoms with Gasteiger partial charge in [-0.3, -0.25) is 9.48 Å². The predicted molar refractivity (Wildman–Crippen MR) is 118 cm³/mol. The van der Waals surface area contributed by atoms with E-state index in [0.717, 1.165) is 23.2 Å². The molecule has 1 aromatic heterocycles. The topological polar surface area (TPSA) is 93.6 Å². The number of halogens is 1. The van der Waals surface area contributed by atoms with Gasteiger partial charge >= 0.3 is 0 Å². The van der Waals surface area contributed by atoms with Gasteiger partial charge in [-0.05, 0) is 55.8 Å². The van der Waals surface area contributed by atoms with Gasteiger partial charge in [-0.1, -0.05) is 12.1 Å². The van der Waals surface area contributed by atoms with Crippen molar-refractivity contribution in [2.24, 2.45) is 5.73 Å². The first-order valence-corrected chi connectivity index (χ1v) is 10.8. The Morgan fingerprint density at radius 2 is 1.97 bits per heavy atom. The molecule has 0 saturated heterocycles. The standard InChI is InChI=1S/C24H27FN4O3/c1-2-29-23-10-12-28(14-20(23)22(15-30)27-29)24(31)19-13-18(7-8-21(19)25)32-17-5-3-16(4-6-17)9-11-26/h3-8,13,30H,2,9-12,14-15,26H2,1H3. The summed E-state index contributed by atoms with van der Waals surface area (Å²) in [7, 11) is 0. The molecule has 168 valence electrons.